The van der Waals surface area contributed by atoms with Crippen LogP contribution in [0.1, 0.15) is 37.0 Å². The molecule has 2 rings (SSSR count). The number of rotatable bonds is 7. The van der Waals surface area contributed by atoms with Crippen LogP contribution in [0.25, 0.3) is 0 Å². The SMILES string of the molecule is CN=C(NCc1ccc(C)cc1)NCc1cccc(NC(=O)CC(C)C)c1.I. The average Bonchev–Trinajstić information content (AvgIpc) is 2.63. The summed E-state index contributed by atoms with van der Waals surface area (Å²) in [7, 11) is 1.76. The first-order chi connectivity index (χ1) is 13.0. The second-order valence-electron chi connectivity index (χ2n) is 7.11. The number of aliphatic imine (C=N–C) groups is 1. The van der Waals surface area contributed by atoms with Crippen LogP contribution in [-0.4, -0.2) is 18.9 Å². The van der Waals surface area contributed by atoms with E-state index in [9.17, 15) is 4.79 Å². The number of carbonyl (C=O) groups is 1. The zero-order chi connectivity index (χ0) is 19.6. The van der Waals surface area contributed by atoms with Crippen molar-refractivity contribution >= 4 is 41.5 Å². The molecule has 0 aromatic heterocycles. The first-order valence-electron chi connectivity index (χ1n) is 9.35. The molecule has 0 aliphatic carbocycles. The largest absolute Gasteiger partial charge is 0.352 e. The van der Waals surface area contributed by atoms with Gasteiger partial charge < -0.3 is 16.0 Å². The number of guanidine groups is 1. The molecule has 152 valence electrons. The summed E-state index contributed by atoms with van der Waals surface area (Å²) < 4.78 is 0. The molecular formula is C22H31IN4O. The maximum Gasteiger partial charge on any atom is 0.224 e. The third kappa shape index (κ3) is 8.73. The molecule has 0 radical (unpaired) electrons. The van der Waals surface area contributed by atoms with Gasteiger partial charge in [-0.15, -0.1) is 24.0 Å². The van der Waals surface area contributed by atoms with Crippen molar-refractivity contribution in [3.05, 3.63) is 65.2 Å². The average molecular weight is 494 g/mol. The van der Waals surface area contributed by atoms with E-state index in [0.29, 0.717) is 25.4 Å². The van der Waals surface area contributed by atoms with Gasteiger partial charge >= 0.3 is 0 Å². The number of hydrogen-bond donors (Lipinski definition) is 3. The molecule has 0 bridgehead atoms. The van der Waals surface area contributed by atoms with Crippen molar-refractivity contribution in [3.63, 3.8) is 0 Å². The highest BCUT2D eigenvalue weighted by atomic mass is 127. The highest BCUT2D eigenvalue weighted by molar-refractivity contribution is 14.0. The van der Waals surface area contributed by atoms with Gasteiger partial charge in [0.15, 0.2) is 5.96 Å². The fraction of sp³-hybridized carbons (Fsp3) is 0.364. The molecule has 0 atom stereocenters. The first kappa shape index (κ1) is 23.9. The summed E-state index contributed by atoms with van der Waals surface area (Å²) in [4.78, 5) is 16.2. The van der Waals surface area contributed by atoms with Gasteiger partial charge in [-0.25, -0.2) is 0 Å². The number of anilines is 1. The second kappa shape index (κ2) is 12.4. The summed E-state index contributed by atoms with van der Waals surface area (Å²) in [6.45, 7) is 7.49. The Morgan fingerprint density at radius 2 is 1.64 bits per heavy atom. The number of nitrogens with one attached hydrogen (secondary N) is 3. The molecule has 0 aliphatic rings. The van der Waals surface area contributed by atoms with Crippen LogP contribution >= 0.6 is 24.0 Å². The molecule has 5 nitrogen and oxygen atoms in total. The lowest BCUT2D eigenvalue weighted by Gasteiger charge is -2.13. The maximum atomic E-state index is 11.9. The lowest BCUT2D eigenvalue weighted by atomic mass is 10.1. The number of hydrogen-bond acceptors (Lipinski definition) is 2. The molecule has 2 aromatic rings. The minimum absolute atomic E-state index is 0. The van der Waals surface area contributed by atoms with Gasteiger partial charge in [-0.1, -0.05) is 55.8 Å². The Kier molecular flexibility index (Phi) is 10.6. The van der Waals surface area contributed by atoms with E-state index >= 15 is 0 Å². The summed E-state index contributed by atoms with van der Waals surface area (Å²) in [5.41, 5.74) is 4.36. The van der Waals surface area contributed by atoms with E-state index in [1.165, 1.54) is 11.1 Å². The fourth-order valence-electron chi connectivity index (χ4n) is 2.64. The lowest BCUT2D eigenvalue weighted by Crippen LogP contribution is -2.36. The zero-order valence-corrected chi connectivity index (χ0v) is 19.4. The third-order valence-corrected chi connectivity index (χ3v) is 4.07. The zero-order valence-electron chi connectivity index (χ0n) is 17.1. The predicted octanol–water partition coefficient (Wildman–Crippen LogP) is 4.46. The summed E-state index contributed by atoms with van der Waals surface area (Å²) in [6.07, 6.45) is 0.526. The van der Waals surface area contributed by atoms with E-state index < -0.39 is 0 Å². The normalized spacial score (nSPS) is 11.0. The molecule has 1 amide bonds. The molecule has 0 aliphatic heterocycles. The Bertz CT molecular complexity index is 772. The quantitative estimate of drug-likeness (QED) is 0.303. The minimum atomic E-state index is 0. The van der Waals surface area contributed by atoms with Gasteiger partial charge in [0.25, 0.3) is 0 Å². The predicted molar refractivity (Wildman–Crippen MR) is 128 cm³/mol. The van der Waals surface area contributed by atoms with Crippen LogP contribution in [0.15, 0.2) is 53.5 Å². The minimum Gasteiger partial charge on any atom is -0.352 e. The van der Waals surface area contributed by atoms with E-state index in [1.807, 2.05) is 38.1 Å². The molecule has 2 aromatic carbocycles. The second-order valence-corrected chi connectivity index (χ2v) is 7.11. The van der Waals surface area contributed by atoms with Gasteiger partial charge in [0.1, 0.15) is 0 Å². The van der Waals surface area contributed by atoms with Crippen molar-refractivity contribution < 1.29 is 4.79 Å². The number of amides is 1. The molecule has 0 spiro atoms. The third-order valence-electron chi connectivity index (χ3n) is 4.07. The number of benzene rings is 2. The monoisotopic (exact) mass is 494 g/mol. The van der Waals surface area contributed by atoms with Crippen molar-refractivity contribution in [1.82, 2.24) is 10.6 Å². The molecule has 3 N–H and O–H groups in total. The molecule has 0 saturated carbocycles. The summed E-state index contributed by atoms with van der Waals surface area (Å²) in [5, 5.41) is 9.57. The van der Waals surface area contributed by atoms with E-state index in [4.69, 9.17) is 0 Å². The van der Waals surface area contributed by atoms with Crippen LogP contribution in [-0.2, 0) is 17.9 Å². The van der Waals surface area contributed by atoms with Crippen molar-refractivity contribution in [3.8, 4) is 0 Å². The molecular weight excluding hydrogens is 463 g/mol. The number of nitrogens with zero attached hydrogens (tertiary/aromatic N) is 1. The van der Waals surface area contributed by atoms with Crippen LogP contribution in [0.2, 0.25) is 0 Å². The molecule has 0 fully saturated rings. The topological polar surface area (TPSA) is 65.5 Å². The number of aryl methyl sites for hydroxylation is 1. The van der Waals surface area contributed by atoms with Gasteiger partial charge in [0.2, 0.25) is 5.91 Å². The van der Waals surface area contributed by atoms with E-state index in [2.05, 4.69) is 52.1 Å². The van der Waals surface area contributed by atoms with Crippen molar-refractivity contribution in [1.29, 1.82) is 0 Å². The van der Waals surface area contributed by atoms with Crippen LogP contribution in [0.3, 0.4) is 0 Å². The highest BCUT2D eigenvalue weighted by Crippen LogP contribution is 2.12. The van der Waals surface area contributed by atoms with Crippen LogP contribution in [0.4, 0.5) is 5.69 Å². The van der Waals surface area contributed by atoms with Gasteiger partial charge in [0.05, 0.1) is 0 Å². The summed E-state index contributed by atoms with van der Waals surface area (Å²) in [5.74, 6) is 1.13. The molecule has 28 heavy (non-hydrogen) atoms. The van der Waals surface area contributed by atoms with Crippen LogP contribution in [0, 0.1) is 12.8 Å². The first-order valence-corrected chi connectivity index (χ1v) is 9.35. The smallest absolute Gasteiger partial charge is 0.224 e. The fourth-order valence-corrected chi connectivity index (χ4v) is 2.64. The Balaban J connectivity index is 0.00000392. The Morgan fingerprint density at radius 3 is 2.25 bits per heavy atom. The standard InChI is InChI=1S/C22H30N4O.HI/c1-16(2)12-21(27)26-20-7-5-6-19(13-20)15-25-22(23-4)24-14-18-10-8-17(3)9-11-18;/h5-11,13,16H,12,14-15H2,1-4H3,(H,26,27)(H2,23,24,25);1H. The van der Waals surface area contributed by atoms with E-state index in [1.54, 1.807) is 7.05 Å². The summed E-state index contributed by atoms with van der Waals surface area (Å²) in [6, 6.07) is 16.3. The van der Waals surface area contributed by atoms with Crippen molar-refractivity contribution in [2.24, 2.45) is 10.9 Å². The van der Waals surface area contributed by atoms with Crippen molar-refractivity contribution in [2.45, 2.75) is 40.3 Å². The lowest BCUT2D eigenvalue weighted by molar-refractivity contribution is -0.116. The van der Waals surface area contributed by atoms with Crippen molar-refractivity contribution in [2.75, 3.05) is 12.4 Å². The van der Waals surface area contributed by atoms with Gasteiger partial charge in [0, 0.05) is 32.2 Å². The van der Waals surface area contributed by atoms with Crippen LogP contribution in [0.5, 0.6) is 0 Å². The Labute approximate surface area is 185 Å². The maximum absolute atomic E-state index is 11.9. The molecule has 0 unspecified atom stereocenters. The van der Waals surface area contributed by atoms with Gasteiger partial charge in [-0.2, -0.15) is 0 Å². The van der Waals surface area contributed by atoms with E-state index in [-0.39, 0.29) is 29.9 Å². The van der Waals surface area contributed by atoms with Crippen LogP contribution < -0.4 is 16.0 Å². The van der Waals surface area contributed by atoms with Gasteiger partial charge in [-0.05, 0) is 36.1 Å². The highest BCUT2D eigenvalue weighted by Gasteiger charge is 2.06. The number of halogens is 1. The molecule has 6 heteroatoms. The Hall–Kier alpha value is -2.09. The molecule has 0 heterocycles. The van der Waals surface area contributed by atoms with Gasteiger partial charge in [-0.3, -0.25) is 9.79 Å². The Morgan fingerprint density at radius 1 is 1.00 bits per heavy atom. The molecule has 0 saturated heterocycles. The summed E-state index contributed by atoms with van der Waals surface area (Å²) >= 11 is 0. The van der Waals surface area contributed by atoms with E-state index in [0.717, 1.165) is 17.2 Å². The number of carbonyl (C=O) groups excluding carboxylic acids is 1.